The molecule has 0 saturated carbocycles. The van der Waals surface area contributed by atoms with Crippen molar-refractivity contribution in [1.82, 2.24) is 4.98 Å². The first-order chi connectivity index (χ1) is 6.39. The molecule has 0 radical (unpaired) electrons. The van der Waals surface area contributed by atoms with E-state index in [1.807, 2.05) is 0 Å². The average molecular weight is 216 g/mol. The average Bonchev–Trinajstić information content (AvgIpc) is 2.07. The van der Waals surface area contributed by atoms with E-state index in [1.54, 1.807) is 6.07 Å². The fraction of sp³-hybridized carbons (Fsp3) is 0.545. The van der Waals surface area contributed by atoms with Crippen molar-refractivity contribution in [3.05, 3.63) is 29.8 Å². The number of pyridine rings is 1. The molecular formula is C11H15ClFN. The van der Waals surface area contributed by atoms with Crippen molar-refractivity contribution in [2.45, 2.75) is 32.6 Å². The molecule has 1 nitrogen and oxygen atoms in total. The van der Waals surface area contributed by atoms with Crippen molar-refractivity contribution in [2.24, 2.45) is 5.41 Å². The Labute approximate surface area is 89.3 Å². The van der Waals surface area contributed by atoms with Crippen LogP contribution in [0.15, 0.2) is 18.3 Å². The van der Waals surface area contributed by atoms with E-state index in [0.29, 0.717) is 6.42 Å². The number of halogens is 2. The summed E-state index contributed by atoms with van der Waals surface area (Å²) in [7, 11) is 0. The van der Waals surface area contributed by atoms with Crippen LogP contribution in [0.4, 0.5) is 4.39 Å². The number of hydrogen-bond acceptors (Lipinski definition) is 1. The number of hydrogen-bond donors (Lipinski definition) is 0. The Balaban J connectivity index is 2.65. The lowest BCUT2D eigenvalue weighted by Gasteiger charge is -2.24. The van der Waals surface area contributed by atoms with Gasteiger partial charge in [0.15, 0.2) is 0 Å². The molecule has 0 fully saturated rings. The first-order valence-electron chi connectivity index (χ1n) is 4.64. The van der Waals surface area contributed by atoms with E-state index in [0.717, 1.165) is 5.69 Å². The third kappa shape index (κ3) is 3.26. The van der Waals surface area contributed by atoms with Gasteiger partial charge in [-0.25, -0.2) is 4.39 Å². The smallest absolute Gasteiger partial charge is 0.141 e. The number of nitrogens with zero attached hydrogens (tertiary/aromatic N) is 1. The molecule has 1 rings (SSSR count). The Hall–Kier alpha value is -0.630. The van der Waals surface area contributed by atoms with Crippen molar-refractivity contribution in [2.75, 3.05) is 0 Å². The summed E-state index contributed by atoms with van der Waals surface area (Å²) in [5, 5.41) is 0.0143. The first-order valence-corrected chi connectivity index (χ1v) is 5.08. The lowest BCUT2D eigenvalue weighted by atomic mass is 9.89. The van der Waals surface area contributed by atoms with Crippen molar-refractivity contribution in [1.29, 1.82) is 0 Å². The summed E-state index contributed by atoms with van der Waals surface area (Å²) in [5.74, 6) is -0.310. The van der Waals surface area contributed by atoms with Crippen LogP contribution in [-0.2, 0) is 6.42 Å². The normalized spacial score (nSPS) is 14.1. The summed E-state index contributed by atoms with van der Waals surface area (Å²) in [6.07, 6.45) is 1.90. The highest BCUT2D eigenvalue weighted by molar-refractivity contribution is 6.21. The van der Waals surface area contributed by atoms with Gasteiger partial charge in [0.25, 0.3) is 0 Å². The Morgan fingerprint density at radius 2 is 2.07 bits per heavy atom. The van der Waals surface area contributed by atoms with Crippen LogP contribution in [-0.4, -0.2) is 10.4 Å². The monoisotopic (exact) mass is 215 g/mol. The Morgan fingerprint density at radius 3 is 2.50 bits per heavy atom. The van der Waals surface area contributed by atoms with Crippen LogP contribution in [0.5, 0.6) is 0 Å². The summed E-state index contributed by atoms with van der Waals surface area (Å²) in [6.45, 7) is 6.23. The Kier molecular flexibility index (Phi) is 3.48. The second-order valence-electron chi connectivity index (χ2n) is 4.51. The molecule has 1 aromatic heterocycles. The van der Waals surface area contributed by atoms with Crippen LogP contribution in [0.1, 0.15) is 26.5 Å². The van der Waals surface area contributed by atoms with Gasteiger partial charge in [-0.05, 0) is 17.5 Å². The topological polar surface area (TPSA) is 12.9 Å². The SMILES string of the molecule is CC(C)(C)C(Cl)Cc1ccc(F)cn1. The minimum absolute atomic E-state index is 0.0143. The van der Waals surface area contributed by atoms with Gasteiger partial charge in [-0.1, -0.05) is 20.8 Å². The predicted molar refractivity (Wildman–Crippen MR) is 57.0 cm³/mol. The largest absolute Gasteiger partial charge is 0.258 e. The van der Waals surface area contributed by atoms with Gasteiger partial charge >= 0.3 is 0 Å². The zero-order chi connectivity index (χ0) is 10.8. The van der Waals surface area contributed by atoms with E-state index in [4.69, 9.17) is 11.6 Å². The van der Waals surface area contributed by atoms with Crippen molar-refractivity contribution in [3.8, 4) is 0 Å². The molecule has 0 aliphatic carbocycles. The Morgan fingerprint density at radius 1 is 1.43 bits per heavy atom. The van der Waals surface area contributed by atoms with E-state index >= 15 is 0 Å². The minimum Gasteiger partial charge on any atom is -0.258 e. The molecule has 0 aromatic carbocycles. The molecule has 0 bridgehead atoms. The lowest BCUT2D eigenvalue weighted by Crippen LogP contribution is -2.23. The van der Waals surface area contributed by atoms with Gasteiger partial charge < -0.3 is 0 Å². The minimum atomic E-state index is -0.310. The van der Waals surface area contributed by atoms with Gasteiger partial charge in [0.1, 0.15) is 5.82 Å². The van der Waals surface area contributed by atoms with Gasteiger partial charge in [0.2, 0.25) is 0 Å². The molecule has 1 aromatic rings. The van der Waals surface area contributed by atoms with Crippen LogP contribution in [0.25, 0.3) is 0 Å². The van der Waals surface area contributed by atoms with Gasteiger partial charge in [-0.15, -0.1) is 11.6 Å². The van der Waals surface area contributed by atoms with Gasteiger partial charge in [-0.2, -0.15) is 0 Å². The highest BCUT2D eigenvalue weighted by Gasteiger charge is 2.22. The molecule has 0 aliphatic heterocycles. The lowest BCUT2D eigenvalue weighted by molar-refractivity contribution is 0.384. The summed E-state index contributed by atoms with van der Waals surface area (Å²) in [5.41, 5.74) is 0.874. The molecule has 0 N–H and O–H groups in total. The van der Waals surface area contributed by atoms with Crippen molar-refractivity contribution >= 4 is 11.6 Å². The fourth-order valence-electron chi connectivity index (χ4n) is 1.02. The molecule has 1 atom stereocenters. The Bertz CT molecular complexity index is 289. The van der Waals surface area contributed by atoms with Crippen LogP contribution in [0.3, 0.4) is 0 Å². The van der Waals surface area contributed by atoms with Crippen molar-refractivity contribution < 1.29 is 4.39 Å². The molecule has 0 saturated heterocycles. The maximum atomic E-state index is 12.6. The fourth-order valence-corrected chi connectivity index (χ4v) is 1.18. The summed E-state index contributed by atoms with van der Waals surface area (Å²) >= 11 is 6.20. The molecule has 78 valence electrons. The summed E-state index contributed by atoms with van der Waals surface area (Å²) < 4.78 is 12.6. The molecule has 0 aliphatic rings. The summed E-state index contributed by atoms with van der Waals surface area (Å²) in [6, 6.07) is 3.09. The zero-order valence-electron chi connectivity index (χ0n) is 8.72. The molecule has 14 heavy (non-hydrogen) atoms. The molecule has 0 spiro atoms. The highest BCUT2D eigenvalue weighted by Crippen LogP contribution is 2.26. The van der Waals surface area contributed by atoms with Gasteiger partial charge in [-0.3, -0.25) is 4.98 Å². The zero-order valence-corrected chi connectivity index (χ0v) is 9.48. The van der Waals surface area contributed by atoms with Gasteiger partial charge in [0.05, 0.1) is 6.20 Å². The van der Waals surface area contributed by atoms with Crippen LogP contribution in [0.2, 0.25) is 0 Å². The van der Waals surface area contributed by atoms with Crippen LogP contribution < -0.4 is 0 Å². The number of alkyl halides is 1. The second kappa shape index (κ2) is 4.26. The quantitative estimate of drug-likeness (QED) is 0.689. The van der Waals surface area contributed by atoms with E-state index in [-0.39, 0.29) is 16.6 Å². The van der Waals surface area contributed by atoms with E-state index < -0.39 is 0 Å². The van der Waals surface area contributed by atoms with Gasteiger partial charge in [0, 0.05) is 17.5 Å². The number of aromatic nitrogens is 1. The van der Waals surface area contributed by atoms with Crippen molar-refractivity contribution in [3.63, 3.8) is 0 Å². The van der Waals surface area contributed by atoms with E-state index in [1.165, 1.54) is 12.3 Å². The molecule has 0 amide bonds. The third-order valence-corrected chi connectivity index (χ3v) is 2.93. The summed E-state index contributed by atoms with van der Waals surface area (Å²) in [4.78, 5) is 3.97. The molecule has 1 heterocycles. The molecular weight excluding hydrogens is 201 g/mol. The second-order valence-corrected chi connectivity index (χ2v) is 5.03. The van der Waals surface area contributed by atoms with E-state index in [9.17, 15) is 4.39 Å². The van der Waals surface area contributed by atoms with Crippen LogP contribution >= 0.6 is 11.6 Å². The highest BCUT2D eigenvalue weighted by atomic mass is 35.5. The molecule has 3 heteroatoms. The first kappa shape index (κ1) is 11.4. The maximum Gasteiger partial charge on any atom is 0.141 e. The number of rotatable bonds is 2. The molecule has 1 unspecified atom stereocenters. The predicted octanol–water partition coefficient (Wildman–Crippen LogP) is 3.42. The third-order valence-electron chi connectivity index (χ3n) is 2.12. The standard InChI is InChI=1S/C11H15ClFN/c1-11(2,3)10(12)6-9-5-4-8(13)7-14-9/h4-5,7,10H,6H2,1-3H3. The van der Waals surface area contributed by atoms with Crippen LogP contribution in [0, 0.1) is 11.2 Å². The maximum absolute atomic E-state index is 12.6. The van der Waals surface area contributed by atoms with E-state index in [2.05, 4.69) is 25.8 Å².